The largest absolute Gasteiger partial charge is 0.325 e. The Balaban J connectivity index is 2.79. The van der Waals surface area contributed by atoms with Crippen LogP contribution in [0.25, 0.3) is 0 Å². The van der Waals surface area contributed by atoms with Gasteiger partial charge in [-0.2, -0.15) is 5.26 Å². The number of amides is 1. The molecule has 1 N–H and O–H groups in total. The van der Waals surface area contributed by atoms with Crippen molar-refractivity contribution in [3.05, 3.63) is 29.3 Å². The van der Waals surface area contributed by atoms with Gasteiger partial charge in [0.2, 0.25) is 5.91 Å². The summed E-state index contributed by atoms with van der Waals surface area (Å²) in [5, 5.41) is 11.1. The third-order valence-electron chi connectivity index (χ3n) is 2.30. The van der Waals surface area contributed by atoms with E-state index in [2.05, 4.69) is 5.32 Å². The number of benzene rings is 1. The second-order valence-corrected chi connectivity index (χ2v) is 4.74. The van der Waals surface area contributed by atoms with Crippen LogP contribution in [0.15, 0.2) is 18.2 Å². The SMILES string of the molecule is CC(=O)c1c(C)cccc1NC(=O)CSCC#N. The van der Waals surface area contributed by atoms with Crippen LogP contribution in [-0.4, -0.2) is 23.2 Å². The summed E-state index contributed by atoms with van der Waals surface area (Å²) in [5.41, 5.74) is 1.91. The molecule has 0 saturated carbocycles. The predicted octanol–water partition coefficient (Wildman–Crippen LogP) is 2.39. The summed E-state index contributed by atoms with van der Waals surface area (Å²) in [6.07, 6.45) is 0. The number of nitrogens with zero attached hydrogens (tertiary/aromatic N) is 1. The van der Waals surface area contributed by atoms with Crippen LogP contribution in [-0.2, 0) is 4.79 Å². The standard InChI is InChI=1S/C13H14N2O2S/c1-9-4-3-5-11(13(9)10(2)16)15-12(17)8-18-7-6-14/h3-5H,7-8H2,1-2H3,(H,15,17). The average Bonchev–Trinajstić information content (AvgIpc) is 2.28. The lowest BCUT2D eigenvalue weighted by atomic mass is 10.0. The van der Waals surface area contributed by atoms with Crippen molar-refractivity contribution in [3.63, 3.8) is 0 Å². The van der Waals surface area contributed by atoms with Gasteiger partial charge in [0.1, 0.15) is 0 Å². The van der Waals surface area contributed by atoms with E-state index in [4.69, 9.17) is 5.26 Å². The van der Waals surface area contributed by atoms with Crippen molar-refractivity contribution in [1.82, 2.24) is 0 Å². The molecule has 4 nitrogen and oxygen atoms in total. The van der Waals surface area contributed by atoms with Crippen molar-refractivity contribution < 1.29 is 9.59 Å². The summed E-state index contributed by atoms with van der Waals surface area (Å²) in [7, 11) is 0. The first-order chi connectivity index (χ1) is 8.56. The van der Waals surface area contributed by atoms with Gasteiger partial charge in [-0.05, 0) is 25.5 Å². The highest BCUT2D eigenvalue weighted by Crippen LogP contribution is 2.20. The van der Waals surface area contributed by atoms with E-state index in [1.165, 1.54) is 18.7 Å². The smallest absolute Gasteiger partial charge is 0.234 e. The Morgan fingerprint density at radius 2 is 2.17 bits per heavy atom. The summed E-state index contributed by atoms with van der Waals surface area (Å²) < 4.78 is 0. The molecule has 1 aromatic rings. The third kappa shape index (κ3) is 3.90. The highest BCUT2D eigenvalue weighted by molar-refractivity contribution is 8.00. The molecule has 0 unspecified atom stereocenters. The van der Waals surface area contributed by atoms with Gasteiger partial charge in [-0.15, -0.1) is 11.8 Å². The van der Waals surface area contributed by atoms with E-state index in [1.807, 2.05) is 19.1 Å². The van der Waals surface area contributed by atoms with Gasteiger partial charge >= 0.3 is 0 Å². The molecule has 0 spiro atoms. The fourth-order valence-corrected chi connectivity index (χ4v) is 2.07. The number of aryl methyl sites for hydroxylation is 1. The van der Waals surface area contributed by atoms with Gasteiger partial charge in [0.15, 0.2) is 5.78 Å². The molecule has 0 bridgehead atoms. The van der Waals surface area contributed by atoms with Gasteiger partial charge in [0, 0.05) is 5.56 Å². The average molecular weight is 262 g/mol. The molecule has 1 amide bonds. The Morgan fingerprint density at radius 1 is 1.44 bits per heavy atom. The number of rotatable bonds is 5. The van der Waals surface area contributed by atoms with E-state index >= 15 is 0 Å². The fraction of sp³-hybridized carbons (Fsp3) is 0.308. The monoisotopic (exact) mass is 262 g/mol. The number of ketones is 1. The Morgan fingerprint density at radius 3 is 2.78 bits per heavy atom. The lowest BCUT2D eigenvalue weighted by molar-refractivity contribution is -0.113. The first kappa shape index (κ1) is 14.3. The lowest BCUT2D eigenvalue weighted by Gasteiger charge is -2.11. The van der Waals surface area contributed by atoms with Crippen LogP contribution < -0.4 is 5.32 Å². The molecule has 0 aliphatic rings. The van der Waals surface area contributed by atoms with Crippen molar-refractivity contribution in [2.24, 2.45) is 0 Å². The molecular formula is C13H14N2O2S. The predicted molar refractivity (Wildman–Crippen MR) is 72.8 cm³/mol. The summed E-state index contributed by atoms with van der Waals surface area (Å²) in [6.45, 7) is 3.30. The van der Waals surface area contributed by atoms with Crippen LogP contribution >= 0.6 is 11.8 Å². The zero-order valence-corrected chi connectivity index (χ0v) is 11.1. The minimum Gasteiger partial charge on any atom is -0.325 e. The Bertz CT molecular complexity index is 506. The molecule has 0 saturated heterocycles. The van der Waals surface area contributed by atoms with Crippen LogP contribution in [0.3, 0.4) is 0 Å². The maximum atomic E-state index is 11.6. The first-order valence-electron chi connectivity index (χ1n) is 5.41. The fourth-order valence-electron chi connectivity index (χ4n) is 1.61. The summed E-state index contributed by atoms with van der Waals surface area (Å²) in [4.78, 5) is 23.2. The normalized spacial score (nSPS) is 9.61. The highest BCUT2D eigenvalue weighted by Gasteiger charge is 2.12. The molecule has 94 valence electrons. The van der Waals surface area contributed by atoms with Crippen molar-refractivity contribution in [2.45, 2.75) is 13.8 Å². The molecule has 0 fully saturated rings. The van der Waals surface area contributed by atoms with E-state index in [9.17, 15) is 9.59 Å². The number of thioether (sulfide) groups is 1. The molecule has 0 radical (unpaired) electrons. The molecular weight excluding hydrogens is 248 g/mol. The number of carbonyl (C=O) groups excluding carboxylic acids is 2. The quantitative estimate of drug-likeness (QED) is 0.653. The van der Waals surface area contributed by atoms with Crippen molar-refractivity contribution in [3.8, 4) is 6.07 Å². The number of hydrogen-bond acceptors (Lipinski definition) is 4. The number of anilines is 1. The second kappa shape index (κ2) is 6.82. The van der Waals surface area contributed by atoms with Crippen LogP contribution in [0.4, 0.5) is 5.69 Å². The Hall–Kier alpha value is -1.80. The van der Waals surface area contributed by atoms with E-state index in [1.54, 1.807) is 12.1 Å². The first-order valence-corrected chi connectivity index (χ1v) is 6.57. The highest BCUT2D eigenvalue weighted by atomic mass is 32.2. The van der Waals surface area contributed by atoms with Gasteiger partial charge in [-0.3, -0.25) is 9.59 Å². The molecule has 0 heterocycles. The van der Waals surface area contributed by atoms with Gasteiger partial charge < -0.3 is 5.32 Å². The molecule has 0 aliphatic carbocycles. The van der Waals surface area contributed by atoms with Crippen LogP contribution in [0.5, 0.6) is 0 Å². The molecule has 1 aromatic carbocycles. The van der Waals surface area contributed by atoms with E-state index in [-0.39, 0.29) is 23.2 Å². The zero-order chi connectivity index (χ0) is 13.5. The Kier molecular flexibility index (Phi) is 5.40. The molecule has 0 aromatic heterocycles. The topological polar surface area (TPSA) is 70.0 Å². The van der Waals surface area contributed by atoms with Crippen LogP contribution in [0.2, 0.25) is 0 Å². The zero-order valence-electron chi connectivity index (χ0n) is 10.3. The van der Waals surface area contributed by atoms with Crippen molar-refractivity contribution >= 4 is 29.1 Å². The van der Waals surface area contributed by atoms with Crippen molar-refractivity contribution in [1.29, 1.82) is 5.26 Å². The summed E-state index contributed by atoms with van der Waals surface area (Å²) in [6, 6.07) is 7.28. The molecule has 0 atom stereocenters. The molecule has 0 aliphatic heterocycles. The van der Waals surface area contributed by atoms with Gasteiger partial charge in [0.05, 0.1) is 23.3 Å². The van der Waals surface area contributed by atoms with Crippen LogP contribution in [0.1, 0.15) is 22.8 Å². The number of Topliss-reactive ketones (excluding diaryl/α,β-unsaturated/α-hetero) is 1. The summed E-state index contributed by atoms with van der Waals surface area (Å²) >= 11 is 1.24. The molecule has 18 heavy (non-hydrogen) atoms. The minimum atomic E-state index is -0.205. The minimum absolute atomic E-state index is 0.0759. The van der Waals surface area contributed by atoms with E-state index < -0.39 is 0 Å². The van der Waals surface area contributed by atoms with Gasteiger partial charge in [0.25, 0.3) is 0 Å². The van der Waals surface area contributed by atoms with E-state index in [0.717, 1.165) is 5.56 Å². The molecule has 5 heteroatoms. The lowest BCUT2D eigenvalue weighted by Crippen LogP contribution is -2.16. The second-order valence-electron chi connectivity index (χ2n) is 3.75. The number of hydrogen-bond donors (Lipinski definition) is 1. The van der Waals surface area contributed by atoms with Crippen LogP contribution in [0, 0.1) is 18.3 Å². The Labute approximate surface area is 110 Å². The third-order valence-corrected chi connectivity index (χ3v) is 3.10. The van der Waals surface area contributed by atoms with Crippen molar-refractivity contribution in [2.75, 3.05) is 16.8 Å². The number of carbonyl (C=O) groups is 2. The number of nitriles is 1. The maximum Gasteiger partial charge on any atom is 0.234 e. The van der Waals surface area contributed by atoms with Gasteiger partial charge in [-0.1, -0.05) is 12.1 Å². The maximum absolute atomic E-state index is 11.6. The number of nitrogens with one attached hydrogen (secondary N) is 1. The van der Waals surface area contributed by atoms with E-state index in [0.29, 0.717) is 11.3 Å². The molecule has 1 rings (SSSR count). The summed E-state index contributed by atoms with van der Waals surface area (Å²) in [5.74, 6) is 0.205. The van der Waals surface area contributed by atoms with Gasteiger partial charge in [-0.25, -0.2) is 0 Å².